The molecule has 0 unspecified atom stereocenters. The molecule has 1 N–H and O–H groups in total. The van der Waals surface area contributed by atoms with Gasteiger partial charge in [0.1, 0.15) is 11.4 Å². The minimum absolute atomic E-state index is 0.183. The number of imidazole rings is 1. The second kappa shape index (κ2) is 6.79. The molecule has 0 atom stereocenters. The molecule has 2 aromatic carbocycles. The molecule has 0 saturated heterocycles. The van der Waals surface area contributed by atoms with Gasteiger partial charge in [-0.1, -0.05) is 36.4 Å². The van der Waals surface area contributed by atoms with Gasteiger partial charge in [0, 0.05) is 17.8 Å². The van der Waals surface area contributed by atoms with Crippen LogP contribution in [0.5, 0.6) is 5.75 Å². The molecule has 1 amide bonds. The number of nitrogens with one attached hydrogen (secondary N) is 1. The second-order valence-corrected chi connectivity index (χ2v) is 4.98. The number of ether oxygens (including phenoxy) is 1. The van der Waals surface area contributed by atoms with Crippen molar-refractivity contribution in [1.29, 1.82) is 0 Å². The fraction of sp³-hybridized carbons (Fsp3) is 0.111. The van der Waals surface area contributed by atoms with Crippen LogP contribution < -0.4 is 10.1 Å². The Hall–Kier alpha value is -3.08. The summed E-state index contributed by atoms with van der Waals surface area (Å²) in [7, 11) is 1.62. The Morgan fingerprint density at radius 1 is 1.13 bits per heavy atom. The van der Waals surface area contributed by atoms with Gasteiger partial charge < -0.3 is 10.1 Å². The Bertz CT molecular complexity index is 797. The van der Waals surface area contributed by atoms with E-state index in [0.717, 1.165) is 17.0 Å². The molecule has 5 heteroatoms. The Morgan fingerprint density at radius 3 is 2.65 bits per heavy atom. The molecule has 116 valence electrons. The predicted octanol–water partition coefficient (Wildman–Crippen LogP) is 2.81. The van der Waals surface area contributed by atoms with Crippen molar-refractivity contribution in [2.75, 3.05) is 7.11 Å². The van der Waals surface area contributed by atoms with Crippen LogP contribution in [0.15, 0.2) is 67.1 Å². The Morgan fingerprint density at radius 2 is 1.87 bits per heavy atom. The molecule has 0 aliphatic rings. The highest BCUT2D eigenvalue weighted by Gasteiger charge is 2.13. The van der Waals surface area contributed by atoms with Gasteiger partial charge in [-0.05, 0) is 18.2 Å². The van der Waals surface area contributed by atoms with Crippen molar-refractivity contribution in [3.8, 4) is 11.4 Å². The van der Waals surface area contributed by atoms with E-state index in [4.69, 9.17) is 4.74 Å². The number of methoxy groups -OCH3 is 1. The number of carbonyl (C=O) groups is 1. The summed E-state index contributed by atoms with van der Waals surface area (Å²) in [5.41, 5.74) is 2.31. The van der Waals surface area contributed by atoms with Crippen molar-refractivity contribution in [2.24, 2.45) is 0 Å². The van der Waals surface area contributed by atoms with E-state index in [2.05, 4.69) is 10.3 Å². The van der Waals surface area contributed by atoms with Crippen molar-refractivity contribution in [3.63, 3.8) is 0 Å². The van der Waals surface area contributed by atoms with Crippen LogP contribution in [0.4, 0.5) is 0 Å². The summed E-state index contributed by atoms with van der Waals surface area (Å²) in [6, 6.07) is 17.2. The highest BCUT2D eigenvalue weighted by atomic mass is 16.5. The summed E-state index contributed by atoms with van der Waals surface area (Å²) < 4.78 is 7.05. The normalized spacial score (nSPS) is 10.3. The van der Waals surface area contributed by atoms with Gasteiger partial charge in [0.05, 0.1) is 19.6 Å². The largest absolute Gasteiger partial charge is 0.496 e. The molecule has 3 rings (SSSR count). The SMILES string of the molecule is COc1ccccc1CNC(=O)c1cncn1-c1ccccc1. The number of carbonyl (C=O) groups excluding carboxylic acids is 1. The van der Waals surface area contributed by atoms with E-state index in [1.54, 1.807) is 24.2 Å². The van der Waals surface area contributed by atoms with Crippen molar-refractivity contribution < 1.29 is 9.53 Å². The van der Waals surface area contributed by atoms with Gasteiger partial charge in [-0.25, -0.2) is 4.98 Å². The summed E-state index contributed by atoms with van der Waals surface area (Å²) in [6.45, 7) is 0.392. The maximum atomic E-state index is 12.5. The average Bonchev–Trinajstić information content (AvgIpc) is 3.10. The first-order valence-electron chi connectivity index (χ1n) is 7.27. The molecule has 0 bridgehead atoms. The van der Waals surface area contributed by atoms with Gasteiger partial charge in [0.25, 0.3) is 5.91 Å². The lowest BCUT2D eigenvalue weighted by Crippen LogP contribution is -2.25. The molecule has 0 fully saturated rings. The zero-order valence-electron chi connectivity index (χ0n) is 12.8. The maximum absolute atomic E-state index is 12.5. The van der Waals surface area contributed by atoms with Crippen LogP contribution >= 0.6 is 0 Å². The Balaban J connectivity index is 1.76. The molecule has 0 radical (unpaired) electrons. The van der Waals surface area contributed by atoms with Crippen LogP contribution in [0.25, 0.3) is 5.69 Å². The highest BCUT2D eigenvalue weighted by molar-refractivity contribution is 5.93. The lowest BCUT2D eigenvalue weighted by Gasteiger charge is -2.11. The van der Waals surface area contributed by atoms with Gasteiger partial charge >= 0.3 is 0 Å². The summed E-state index contributed by atoms with van der Waals surface area (Å²) in [4.78, 5) is 16.5. The van der Waals surface area contributed by atoms with E-state index in [1.807, 2.05) is 54.6 Å². The molecule has 0 aliphatic heterocycles. The van der Waals surface area contributed by atoms with E-state index in [9.17, 15) is 4.79 Å². The van der Waals surface area contributed by atoms with Gasteiger partial charge in [-0.2, -0.15) is 0 Å². The topological polar surface area (TPSA) is 56.1 Å². The maximum Gasteiger partial charge on any atom is 0.270 e. The predicted molar refractivity (Wildman–Crippen MR) is 87.7 cm³/mol. The number of rotatable bonds is 5. The molecule has 1 heterocycles. The molecule has 1 aromatic heterocycles. The number of hydrogen-bond donors (Lipinski definition) is 1. The monoisotopic (exact) mass is 307 g/mol. The summed E-state index contributed by atoms with van der Waals surface area (Å²) in [5.74, 6) is 0.571. The molecule has 23 heavy (non-hydrogen) atoms. The summed E-state index contributed by atoms with van der Waals surface area (Å²) >= 11 is 0. The zero-order chi connectivity index (χ0) is 16.1. The van der Waals surface area contributed by atoms with Crippen LogP contribution in [0.2, 0.25) is 0 Å². The summed E-state index contributed by atoms with van der Waals surface area (Å²) in [6.07, 6.45) is 3.19. The van der Waals surface area contributed by atoms with Gasteiger partial charge in [0.15, 0.2) is 0 Å². The van der Waals surface area contributed by atoms with Crippen molar-refractivity contribution in [3.05, 3.63) is 78.4 Å². The molecule has 0 saturated carbocycles. The van der Waals surface area contributed by atoms with E-state index < -0.39 is 0 Å². The molecular weight excluding hydrogens is 290 g/mol. The van der Waals surface area contributed by atoms with Crippen LogP contribution in [0.1, 0.15) is 16.1 Å². The minimum atomic E-state index is -0.183. The number of benzene rings is 2. The van der Waals surface area contributed by atoms with Crippen LogP contribution in [0, 0.1) is 0 Å². The van der Waals surface area contributed by atoms with Gasteiger partial charge in [-0.15, -0.1) is 0 Å². The van der Waals surface area contributed by atoms with Crippen molar-refractivity contribution in [1.82, 2.24) is 14.9 Å². The molecule has 0 aliphatic carbocycles. The van der Waals surface area contributed by atoms with E-state index >= 15 is 0 Å². The standard InChI is InChI=1S/C18H17N3O2/c1-23-17-10-6-5-7-14(17)11-20-18(22)16-12-19-13-21(16)15-8-3-2-4-9-15/h2-10,12-13H,11H2,1H3,(H,20,22). The number of hydrogen-bond acceptors (Lipinski definition) is 3. The van der Waals surface area contributed by atoms with Crippen LogP contribution in [0.3, 0.4) is 0 Å². The zero-order valence-corrected chi connectivity index (χ0v) is 12.8. The lowest BCUT2D eigenvalue weighted by molar-refractivity contribution is 0.0944. The first-order valence-corrected chi connectivity index (χ1v) is 7.27. The minimum Gasteiger partial charge on any atom is -0.496 e. The third kappa shape index (κ3) is 3.23. The van der Waals surface area contributed by atoms with E-state index in [-0.39, 0.29) is 5.91 Å². The Kier molecular flexibility index (Phi) is 4.38. The van der Waals surface area contributed by atoms with E-state index in [0.29, 0.717) is 12.2 Å². The lowest BCUT2D eigenvalue weighted by atomic mass is 10.2. The van der Waals surface area contributed by atoms with Crippen molar-refractivity contribution >= 4 is 5.91 Å². The van der Waals surface area contributed by atoms with Crippen LogP contribution in [-0.2, 0) is 6.54 Å². The average molecular weight is 307 g/mol. The van der Waals surface area contributed by atoms with Gasteiger partial charge in [-0.3, -0.25) is 9.36 Å². The van der Waals surface area contributed by atoms with E-state index in [1.165, 1.54) is 0 Å². The molecule has 3 aromatic rings. The smallest absolute Gasteiger partial charge is 0.270 e. The third-order valence-corrected chi connectivity index (χ3v) is 3.54. The number of para-hydroxylation sites is 2. The fourth-order valence-electron chi connectivity index (χ4n) is 2.37. The quantitative estimate of drug-likeness (QED) is 0.788. The third-order valence-electron chi connectivity index (χ3n) is 3.54. The molecule has 0 spiro atoms. The number of aromatic nitrogens is 2. The number of amides is 1. The van der Waals surface area contributed by atoms with Crippen molar-refractivity contribution in [2.45, 2.75) is 6.54 Å². The summed E-state index contributed by atoms with van der Waals surface area (Å²) in [5, 5.41) is 2.91. The van der Waals surface area contributed by atoms with Gasteiger partial charge in [0.2, 0.25) is 0 Å². The second-order valence-electron chi connectivity index (χ2n) is 4.98. The Labute approximate surface area is 134 Å². The first kappa shape index (κ1) is 14.8. The molecule has 5 nitrogen and oxygen atoms in total. The molecular formula is C18H17N3O2. The highest BCUT2D eigenvalue weighted by Crippen LogP contribution is 2.17. The fourth-order valence-corrected chi connectivity index (χ4v) is 2.37. The first-order chi connectivity index (χ1) is 11.3. The van der Waals surface area contributed by atoms with Crippen LogP contribution in [-0.4, -0.2) is 22.6 Å². The number of nitrogens with zero attached hydrogens (tertiary/aromatic N) is 2.